The van der Waals surface area contributed by atoms with Gasteiger partial charge in [0, 0.05) is 24.1 Å². The summed E-state index contributed by atoms with van der Waals surface area (Å²) < 4.78 is 41.9. The van der Waals surface area contributed by atoms with E-state index in [2.05, 4.69) is 5.32 Å². The van der Waals surface area contributed by atoms with Gasteiger partial charge in [-0.2, -0.15) is 13.2 Å². The molecular formula is C24H19F3N2O3. The number of pyridine rings is 1. The van der Waals surface area contributed by atoms with Gasteiger partial charge in [-0.15, -0.1) is 0 Å². The number of carbonyl (C=O) groups is 2. The molecule has 0 radical (unpaired) electrons. The van der Waals surface area contributed by atoms with Crippen LogP contribution in [0.5, 0.6) is 0 Å². The minimum absolute atomic E-state index is 0.00423. The zero-order valence-corrected chi connectivity index (χ0v) is 16.9. The molecule has 0 saturated carbocycles. The maximum atomic E-state index is 13.3. The second-order valence-corrected chi connectivity index (χ2v) is 8.16. The number of aliphatic hydroxyl groups excluding tert-OH is 1. The van der Waals surface area contributed by atoms with E-state index in [0.29, 0.717) is 23.9 Å². The zero-order chi connectivity index (χ0) is 22.6. The molecule has 2 aliphatic rings. The van der Waals surface area contributed by atoms with Crippen molar-refractivity contribution in [1.29, 1.82) is 0 Å². The molecule has 0 bridgehead atoms. The Morgan fingerprint density at radius 2 is 1.84 bits per heavy atom. The van der Waals surface area contributed by atoms with Gasteiger partial charge in [0.15, 0.2) is 0 Å². The maximum Gasteiger partial charge on any atom is 0.416 e. The lowest BCUT2D eigenvalue weighted by Gasteiger charge is -2.21. The first-order valence-electron chi connectivity index (χ1n) is 10.3. The van der Waals surface area contributed by atoms with Crippen LogP contribution in [0.25, 0.3) is 16.7 Å². The molecule has 0 spiro atoms. The monoisotopic (exact) mass is 440 g/mol. The van der Waals surface area contributed by atoms with Gasteiger partial charge in [0.1, 0.15) is 0 Å². The number of carbonyl (C=O) groups excluding carboxylic acids is 2. The SMILES string of the molecule is O=C1NC(=O)C(c2c3c(n4ccccc24)CCC(CO)C3)=C1c1cccc(C(F)(F)F)c1. The van der Waals surface area contributed by atoms with Crippen LogP contribution in [0, 0.1) is 5.92 Å². The molecule has 5 rings (SSSR count). The van der Waals surface area contributed by atoms with Crippen molar-refractivity contribution in [3.63, 3.8) is 0 Å². The van der Waals surface area contributed by atoms with Crippen molar-refractivity contribution in [2.75, 3.05) is 6.61 Å². The number of alkyl halides is 3. The quantitative estimate of drug-likeness (QED) is 0.612. The summed E-state index contributed by atoms with van der Waals surface area (Å²) in [6.07, 6.45) is -0.714. The van der Waals surface area contributed by atoms with Crippen molar-refractivity contribution >= 4 is 28.5 Å². The van der Waals surface area contributed by atoms with E-state index >= 15 is 0 Å². The predicted octanol–water partition coefficient (Wildman–Crippen LogP) is 3.62. The average Bonchev–Trinajstić information content (AvgIpc) is 3.25. The fourth-order valence-corrected chi connectivity index (χ4v) is 4.80. The van der Waals surface area contributed by atoms with E-state index in [-0.39, 0.29) is 29.2 Å². The lowest BCUT2D eigenvalue weighted by molar-refractivity contribution is -0.137. The Balaban J connectivity index is 1.81. The van der Waals surface area contributed by atoms with E-state index in [9.17, 15) is 27.9 Å². The highest BCUT2D eigenvalue weighted by atomic mass is 19.4. The first kappa shape index (κ1) is 20.5. The van der Waals surface area contributed by atoms with Crippen LogP contribution in [0.1, 0.15) is 34.4 Å². The van der Waals surface area contributed by atoms with Gasteiger partial charge in [-0.25, -0.2) is 0 Å². The summed E-state index contributed by atoms with van der Waals surface area (Å²) in [6, 6.07) is 9.96. The minimum Gasteiger partial charge on any atom is -0.396 e. The number of benzene rings is 1. The van der Waals surface area contributed by atoms with Crippen molar-refractivity contribution in [2.45, 2.75) is 25.4 Å². The van der Waals surface area contributed by atoms with E-state index in [4.69, 9.17) is 0 Å². The van der Waals surface area contributed by atoms with Crippen LogP contribution in [0.4, 0.5) is 13.2 Å². The lowest BCUT2D eigenvalue weighted by atomic mass is 9.83. The molecule has 1 aliphatic heterocycles. The highest BCUT2D eigenvalue weighted by molar-refractivity contribution is 6.50. The molecule has 1 atom stereocenters. The van der Waals surface area contributed by atoms with Crippen molar-refractivity contribution < 1.29 is 27.9 Å². The van der Waals surface area contributed by atoms with E-state index in [1.807, 2.05) is 28.8 Å². The van der Waals surface area contributed by atoms with E-state index in [0.717, 1.165) is 29.8 Å². The second-order valence-electron chi connectivity index (χ2n) is 8.16. The predicted molar refractivity (Wildman–Crippen MR) is 111 cm³/mol. The number of hydrogen-bond donors (Lipinski definition) is 2. The normalized spacial score (nSPS) is 18.9. The molecule has 2 aromatic heterocycles. The number of hydrogen-bond acceptors (Lipinski definition) is 3. The number of imide groups is 1. The van der Waals surface area contributed by atoms with Crippen LogP contribution in [0.3, 0.4) is 0 Å². The molecule has 5 nitrogen and oxygen atoms in total. The summed E-state index contributed by atoms with van der Waals surface area (Å²) in [5, 5.41) is 12.0. The summed E-state index contributed by atoms with van der Waals surface area (Å²) >= 11 is 0. The van der Waals surface area contributed by atoms with E-state index < -0.39 is 23.6 Å². The minimum atomic E-state index is -4.58. The molecule has 3 heterocycles. The third-order valence-electron chi connectivity index (χ3n) is 6.26. The standard InChI is InChI=1S/C24H19F3N2O3/c25-24(26,27)15-5-3-4-14(11-15)19-21(23(32)28-22(19)31)20-16-10-13(12-30)7-8-17(16)29-9-2-1-6-18(20)29/h1-6,9,11,13,30H,7-8,10,12H2,(H,28,31,32). The Morgan fingerprint density at radius 3 is 2.59 bits per heavy atom. The molecule has 1 aliphatic carbocycles. The van der Waals surface area contributed by atoms with Crippen LogP contribution >= 0.6 is 0 Å². The molecule has 0 saturated heterocycles. The summed E-state index contributed by atoms with van der Waals surface area (Å²) in [5.41, 5.74) is 2.27. The summed E-state index contributed by atoms with van der Waals surface area (Å²) in [5.74, 6) is -1.34. The van der Waals surface area contributed by atoms with E-state index in [1.165, 1.54) is 12.1 Å². The maximum absolute atomic E-state index is 13.3. The van der Waals surface area contributed by atoms with Crippen LogP contribution in [0.2, 0.25) is 0 Å². The number of halogens is 3. The molecule has 2 N–H and O–H groups in total. The number of aliphatic hydroxyl groups is 1. The number of aromatic nitrogens is 1. The fraction of sp³-hybridized carbons (Fsp3) is 0.250. The summed E-state index contributed by atoms with van der Waals surface area (Å²) in [6.45, 7) is -0.00423. The van der Waals surface area contributed by atoms with Crippen molar-refractivity contribution in [2.24, 2.45) is 5.92 Å². The summed E-state index contributed by atoms with van der Waals surface area (Å²) in [7, 11) is 0. The fourth-order valence-electron chi connectivity index (χ4n) is 4.80. The molecule has 2 amide bonds. The van der Waals surface area contributed by atoms with Crippen molar-refractivity contribution in [3.8, 4) is 0 Å². The van der Waals surface area contributed by atoms with Gasteiger partial charge in [-0.3, -0.25) is 14.9 Å². The molecule has 1 unspecified atom stereocenters. The van der Waals surface area contributed by atoms with Gasteiger partial charge in [0.05, 0.1) is 22.2 Å². The number of nitrogens with one attached hydrogen (secondary N) is 1. The van der Waals surface area contributed by atoms with Gasteiger partial charge in [-0.05, 0) is 60.6 Å². The molecule has 0 fully saturated rings. The second kappa shape index (κ2) is 7.34. The van der Waals surface area contributed by atoms with Crippen LogP contribution in [-0.4, -0.2) is 27.9 Å². The zero-order valence-electron chi connectivity index (χ0n) is 16.9. The molecule has 3 aromatic rings. The Kier molecular flexibility index (Phi) is 4.70. The molecule has 32 heavy (non-hydrogen) atoms. The van der Waals surface area contributed by atoms with Crippen LogP contribution in [-0.2, 0) is 28.6 Å². The number of fused-ring (bicyclic) bond motifs is 3. The number of aryl methyl sites for hydroxylation is 1. The third-order valence-corrected chi connectivity index (χ3v) is 6.26. The number of amides is 2. The van der Waals surface area contributed by atoms with Crippen molar-refractivity contribution in [3.05, 3.63) is 76.6 Å². The highest BCUT2D eigenvalue weighted by Gasteiger charge is 2.38. The van der Waals surface area contributed by atoms with Gasteiger partial charge < -0.3 is 9.51 Å². The largest absolute Gasteiger partial charge is 0.416 e. The molecular weight excluding hydrogens is 421 g/mol. The van der Waals surface area contributed by atoms with Gasteiger partial charge in [0.25, 0.3) is 11.8 Å². The van der Waals surface area contributed by atoms with Crippen LogP contribution < -0.4 is 5.32 Å². The number of rotatable bonds is 3. The molecule has 164 valence electrons. The third kappa shape index (κ3) is 3.14. The van der Waals surface area contributed by atoms with Gasteiger partial charge in [-0.1, -0.05) is 18.2 Å². The lowest BCUT2D eigenvalue weighted by Crippen LogP contribution is -2.23. The Hall–Kier alpha value is -3.39. The molecule has 8 heteroatoms. The van der Waals surface area contributed by atoms with Gasteiger partial charge in [0.2, 0.25) is 0 Å². The topological polar surface area (TPSA) is 70.8 Å². The summed E-state index contributed by atoms with van der Waals surface area (Å²) in [4.78, 5) is 25.7. The van der Waals surface area contributed by atoms with Crippen LogP contribution in [0.15, 0.2) is 48.7 Å². The Labute approximate surface area is 181 Å². The van der Waals surface area contributed by atoms with E-state index in [1.54, 1.807) is 0 Å². The smallest absolute Gasteiger partial charge is 0.396 e. The number of nitrogens with zero attached hydrogens (tertiary/aromatic N) is 1. The first-order chi connectivity index (χ1) is 15.3. The Bertz CT molecular complexity index is 1300. The Morgan fingerprint density at radius 1 is 1.06 bits per heavy atom. The van der Waals surface area contributed by atoms with Crippen molar-refractivity contribution in [1.82, 2.24) is 9.72 Å². The van der Waals surface area contributed by atoms with Gasteiger partial charge >= 0.3 is 6.18 Å². The molecule has 1 aromatic carbocycles. The first-order valence-corrected chi connectivity index (χ1v) is 10.3. The average molecular weight is 440 g/mol. The highest BCUT2D eigenvalue weighted by Crippen LogP contribution is 2.42.